The maximum absolute atomic E-state index is 13.3. The van der Waals surface area contributed by atoms with Gasteiger partial charge < -0.3 is 5.11 Å². The first-order valence-electron chi connectivity index (χ1n) is 7.61. The number of rotatable bonds is 3. The Morgan fingerprint density at radius 3 is 2.30 bits per heavy atom. The summed E-state index contributed by atoms with van der Waals surface area (Å²) in [6, 6.07) is 13.0. The van der Waals surface area contributed by atoms with Crippen LogP contribution in [-0.2, 0) is 12.1 Å². The van der Waals surface area contributed by atoms with Crippen LogP contribution in [0.3, 0.4) is 0 Å². The van der Waals surface area contributed by atoms with Gasteiger partial charge in [-0.05, 0) is 64.2 Å². The van der Waals surface area contributed by atoms with Gasteiger partial charge in [-0.3, -0.25) is 4.90 Å². The van der Waals surface area contributed by atoms with Gasteiger partial charge in [-0.1, -0.05) is 34.1 Å². The third kappa shape index (κ3) is 4.02. The average molecular weight is 443 g/mol. The molecule has 3 rings (SSSR count). The molecule has 0 radical (unpaired) electrons. The van der Waals surface area contributed by atoms with Crippen molar-refractivity contribution in [2.24, 2.45) is 0 Å². The summed E-state index contributed by atoms with van der Waals surface area (Å²) in [4.78, 5) is 2.30. The lowest BCUT2D eigenvalue weighted by Gasteiger charge is -2.38. The van der Waals surface area contributed by atoms with Crippen LogP contribution in [-0.4, -0.2) is 23.1 Å². The van der Waals surface area contributed by atoms with Crippen molar-refractivity contribution in [1.82, 2.24) is 4.90 Å². The normalized spacial score (nSPS) is 18.1. The molecule has 122 valence electrons. The summed E-state index contributed by atoms with van der Waals surface area (Å²) in [6.07, 6.45) is 1.41. The van der Waals surface area contributed by atoms with Gasteiger partial charge >= 0.3 is 0 Å². The van der Waals surface area contributed by atoms with Crippen LogP contribution in [0.15, 0.2) is 51.4 Å². The highest BCUT2D eigenvalue weighted by atomic mass is 79.9. The molecule has 2 aromatic carbocycles. The summed E-state index contributed by atoms with van der Waals surface area (Å²) < 4.78 is 14.8. The van der Waals surface area contributed by atoms with Gasteiger partial charge in [-0.2, -0.15) is 0 Å². The standard InChI is InChI=1S/C18H18Br2FNO/c19-15-4-2-14(3-5-15)18(23)7-9-22(10-8-18)12-13-1-6-17(21)16(20)11-13/h1-6,11,23H,7-10,12H2. The summed E-state index contributed by atoms with van der Waals surface area (Å²) in [5, 5.41) is 10.9. The van der Waals surface area contributed by atoms with Crippen molar-refractivity contribution in [2.45, 2.75) is 25.0 Å². The van der Waals surface area contributed by atoms with Crippen LogP contribution in [0.4, 0.5) is 4.39 Å². The number of likely N-dealkylation sites (tertiary alicyclic amines) is 1. The van der Waals surface area contributed by atoms with E-state index in [2.05, 4.69) is 36.8 Å². The van der Waals surface area contributed by atoms with E-state index in [0.29, 0.717) is 17.3 Å². The molecule has 0 bridgehead atoms. The van der Waals surface area contributed by atoms with E-state index in [-0.39, 0.29) is 5.82 Å². The molecule has 2 aromatic rings. The minimum absolute atomic E-state index is 0.239. The molecule has 1 fully saturated rings. The molecule has 0 unspecified atom stereocenters. The van der Waals surface area contributed by atoms with Crippen molar-refractivity contribution in [2.75, 3.05) is 13.1 Å². The summed E-state index contributed by atoms with van der Waals surface area (Å²) in [7, 11) is 0. The zero-order valence-electron chi connectivity index (χ0n) is 12.6. The lowest BCUT2D eigenvalue weighted by molar-refractivity contribution is -0.0277. The molecule has 0 atom stereocenters. The molecule has 1 N–H and O–H groups in total. The molecule has 0 saturated carbocycles. The molecular formula is C18H18Br2FNO. The Kier molecular flexibility index (Phi) is 5.21. The van der Waals surface area contributed by atoms with Gasteiger partial charge in [0.25, 0.3) is 0 Å². The second-order valence-electron chi connectivity index (χ2n) is 6.06. The molecule has 2 nitrogen and oxygen atoms in total. The van der Waals surface area contributed by atoms with Gasteiger partial charge in [0.15, 0.2) is 0 Å². The summed E-state index contributed by atoms with van der Waals surface area (Å²) >= 11 is 6.65. The van der Waals surface area contributed by atoms with Crippen molar-refractivity contribution in [3.63, 3.8) is 0 Å². The van der Waals surface area contributed by atoms with Crippen LogP contribution < -0.4 is 0 Å². The van der Waals surface area contributed by atoms with E-state index in [1.807, 2.05) is 36.4 Å². The fourth-order valence-corrected chi connectivity index (χ4v) is 3.72. The van der Waals surface area contributed by atoms with Gasteiger partial charge in [0.1, 0.15) is 5.82 Å². The van der Waals surface area contributed by atoms with Gasteiger partial charge in [0.05, 0.1) is 10.1 Å². The second kappa shape index (κ2) is 7.01. The summed E-state index contributed by atoms with van der Waals surface area (Å²) in [5.74, 6) is -0.239. The predicted octanol–water partition coefficient (Wildman–Crippen LogP) is 4.83. The molecule has 0 spiro atoms. The van der Waals surface area contributed by atoms with Gasteiger partial charge in [0, 0.05) is 24.1 Å². The Bertz CT molecular complexity index is 682. The Labute approximate surface area is 152 Å². The molecule has 1 saturated heterocycles. The lowest BCUT2D eigenvalue weighted by Crippen LogP contribution is -2.42. The number of hydrogen-bond acceptors (Lipinski definition) is 2. The Morgan fingerprint density at radius 2 is 1.70 bits per heavy atom. The first-order chi connectivity index (χ1) is 11.0. The molecule has 0 aliphatic carbocycles. The highest BCUT2D eigenvalue weighted by Gasteiger charge is 2.33. The molecule has 0 aromatic heterocycles. The van der Waals surface area contributed by atoms with Gasteiger partial charge in [0.2, 0.25) is 0 Å². The highest BCUT2D eigenvalue weighted by molar-refractivity contribution is 9.10. The van der Waals surface area contributed by atoms with Crippen molar-refractivity contribution >= 4 is 31.9 Å². The van der Waals surface area contributed by atoms with E-state index in [4.69, 9.17) is 0 Å². The Balaban J connectivity index is 1.63. The predicted molar refractivity (Wildman–Crippen MR) is 96.6 cm³/mol. The fraction of sp³-hybridized carbons (Fsp3) is 0.333. The molecule has 0 amide bonds. The van der Waals surface area contributed by atoms with E-state index in [9.17, 15) is 9.50 Å². The monoisotopic (exact) mass is 441 g/mol. The minimum atomic E-state index is -0.749. The first-order valence-corrected chi connectivity index (χ1v) is 9.20. The smallest absolute Gasteiger partial charge is 0.137 e. The number of aliphatic hydroxyl groups is 1. The molecule has 1 heterocycles. The van der Waals surface area contributed by atoms with E-state index in [0.717, 1.165) is 35.2 Å². The number of piperidine rings is 1. The summed E-state index contributed by atoms with van der Waals surface area (Å²) in [5.41, 5.74) is 1.30. The number of benzene rings is 2. The lowest BCUT2D eigenvalue weighted by atomic mass is 9.84. The Morgan fingerprint density at radius 1 is 1.04 bits per heavy atom. The van der Waals surface area contributed by atoms with E-state index >= 15 is 0 Å². The minimum Gasteiger partial charge on any atom is -0.385 e. The second-order valence-corrected chi connectivity index (χ2v) is 7.83. The van der Waals surface area contributed by atoms with Crippen molar-refractivity contribution in [3.8, 4) is 0 Å². The van der Waals surface area contributed by atoms with Crippen LogP contribution in [0.1, 0.15) is 24.0 Å². The van der Waals surface area contributed by atoms with Crippen LogP contribution in [0.5, 0.6) is 0 Å². The molecular weight excluding hydrogens is 425 g/mol. The van der Waals surface area contributed by atoms with Crippen molar-refractivity contribution < 1.29 is 9.50 Å². The van der Waals surface area contributed by atoms with E-state index in [1.165, 1.54) is 6.07 Å². The van der Waals surface area contributed by atoms with Crippen LogP contribution in [0.2, 0.25) is 0 Å². The SMILES string of the molecule is OC1(c2ccc(Br)cc2)CCN(Cc2ccc(F)c(Br)c2)CC1. The van der Waals surface area contributed by atoms with Gasteiger partial charge in [-0.15, -0.1) is 0 Å². The topological polar surface area (TPSA) is 23.5 Å². The highest BCUT2D eigenvalue weighted by Crippen LogP contribution is 2.34. The van der Waals surface area contributed by atoms with Crippen molar-refractivity contribution in [1.29, 1.82) is 0 Å². The third-order valence-corrected chi connectivity index (χ3v) is 5.59. The zero-order valence-corrected chi connectivity index (χ0v) is 15.8. The number of hydrogen-bond donors (Lipinski definition) is 1. The molecule has 5 heteroatoms. The fourth-order valence-electron chi connectivity index (χ4n) is 3.03. The Hall–Kier alpha value is -0.750. The first kappa shape index (κ1) is 17.1. The molecule has 23 heavy (non-hydrogen) atoms. The van der Waals surface area contributed by atoms with Crippen LogP contribution in [0.25, 0.3) is 0 Å². The molecule has 1 aliphatic rings. The third-order valence-electron chi connectivity index (χ3n) is 4.45. The number of nitrogens with zero attached hydrogens (tertiary/aromatic N) is 1. The zero-order chi connectivity index (χ0) is 16.4. The quantitative estimate of drug-likeness (QED) is 0.735. The maximum atomic E-state index is 13.3. The van der Waals surface area contributed by atoms with Crippen molar-refractivity contribution in [3.05, 3.63) is 68.4 Å². The average Bonchev–Trinajstić information content (AvgIpc) is 2.54. The molecule has 1 aliphatic heterocycles. The largest absolute Gasteiger partial charge is 0.385 e. The van der Waals surface area contributed by atoms with E-state index in [1.54, 1.807) is 0 Å². The van der Waals surface area contributed by atoms with E-state index < -0.39 is 5.60 Å². The van der Waals surface area contributed by atoms with Crippen LogP contribution >= 0.6 is 31.9 Å². The maximum Gasteiger partial charge on any atom is 0.137 e. The summed E-state index contributed by atoms with van der Waals surface area (Å²) in [6.45, 7) is 2.42. The van der Waals surface area contributed by atoms with Crippen LogP contribution in [0, 0.1) is 5.82 Å². The van der Waals surface area contributed by atoms with Gasteiger partial charge in [-0.25, -0.2) is 4.39 Å². The number of halogens is 3.